The predicted octanol–water partition coefficient (Wildman–Crippen LogP) is 4.47. The summed E-state index contributed by atoms with van der Waals surface area (Å²) in [5.41, 5.74) is 0.461. The molecule has 2 saturated heterocycles. The van der Waals surface area contributed by atoms with E-state index in [0.29, 0.717) is 17.3 Å². The quantitative estimate of drug-likeness (QED) is 0.258. The number of aromatic nitrogens is 3. The molecule has 5 rings (SSSR count). The van der Waals surface area contributed by atoms with Crippen LogP contribution in [0.4, 0.5) is 32.1 Å². The van der Waals surface area contributed by atoms with Crippen molar-refractivity contribution < 1.29 is 13.5 Å². The first-order valence-electron chi connectivity index (χ1n) is 14.4. The molecule has 0 amide bonds. The van der Waals surface area contributed by atoms with Gasteiger partial charge in [0.25, 0.3) is 0 Å². The fraction of sp³-hybridized carbons (Fsp3) is 0.448. The Morgan fingerprint density at radius 3 is 2.48 bits per heavy atom. The average Bonchev–Trinajstić information content (AvgIpc) is 3.71. The normalized spacial score (nSPS) is 14.9. The Balaban J connectivity index is 1.07. The number of ether oxygens (including phenoxy) is 1. The van der Waals surface area contributed by atoms with Gasteiger partial charge in [-0.25, -0.2) is 13.8 Å². The van der Waals surface area contributed by atoms with Crippen molar-refractivity contribution >= 4 is 40.6 Å². The first kappa shape index (κ1) is 29.6. The van der Waals surface area contributed by atoms with Gasteiger partial charge in [0, 0.05) is 70.7 Å². The van der Waals surface area contributed by atoms with Gasteiger partial charge in [-0.1, -0.05) is 0 Å². The molecule has 0 unspecified atom stereocenters. The lowest BCUT2D eigenvalue weighted by Gasteiger charge is -2.22. The van der Waals surface area contributed by atoms with Gasteiger partial charge in [0.15, 0.2) is 16.7 Å². The second-order valence-electron chi connectivity index (χ2n) is 10.4. The molecule has 13 heteroatoms. The predicted molar refractivity (Wildman–Crippen MR) is 166 cm³/mol. The molecule has 4 heterocycles. The number of nitrogens with zero attached hydrogens (tertiary/aromatic N) is 6. The Hall–Kier alpha value is -3.84. The van der Waals surface area contributed by atoms with Crippen molar-refractivity contribution in [2.45, 2.75) is 25.7 Å². The number of benzene rings is 1. The van der Waals surface area contributed by atoms with Crippen LogP contribution in [0.1, 0.15) is 25.7 Å². The molecule has 0 spiro atoms. The molecule has 3 aromatic rings. The van der Waals surface area contributed by atoms with E-state index in [1.54, 1.807) is 12.1 Å². The fourth-order valence-corrected chi connectivity index (χ4v) is 5.13. The van der Waals surface area contributed by atoms with Gasteiger partial charge in [0.1, 0.15) is 23.1 Å². The van der Waals surface area contributed by atoms with Crippen LogP contribution in [0.3, 0.4) is 0 Å². The Bertz CT molecular complexity index is 1320. The highest BCUT2D eigenvalue weighted by atomic mass is 32.1. The summed E-state index contributed by atoms with van der Waals surface area (Å²) in [7, 11) is 2.05. The third kappa shape index (κ3) is 8.13. The average molecular weight is 598 g/mol. The summed E-state index contributed by atoms with van der Waals surface area (Å²) >= 11 is 5.44. The Morgan fingerprint density at radius 1 is 0.976 bits per heavy atom. The van der Waals surface area contributed by atoms with Crippen molar-refractivity contribution in [2.24, 2.45) is 0 Å². The van der Waals surface area contributed by atoms with Crippen LogP contribution in [0.2, 0.25) is 0 Å². The fourth-order valence-electron chi connectivity index (χ4n) is 4.92. The number of halogens is 2. The van der Waals surface area contributed by atoms with Crippen LogP contribution < -0.4 is 30.5 Å². The number of rotatable bonds is 12. The molecule has 10 nitrogen and oxygen atoms in total. The van der Waals surface area contributed by atoms with E-state index in [2.05, 4.69) is 48.7 Å². The van der Waals surface area contributed by atoms with Crippen molar-refractivity contribution in [3.8, 4) is 11.6 Å². The largest absolute Gasteiger partial charge is 0.434 e. The van der Waals surface area contributed by atoms with Gasteiger partial charge in [-0.05, 0) is 69.2 Å². The summed E-state index contributed by atoms with van der Waals surface area (Å²) in [4.78, 5) is 20.7. The van der Waals surface area contributed by atoms with E-state index in [0.717, 1.165) is 75.5 Å². The molecule has 42 heavy (non-hydrogen) atoms. The van der Waals surface area contributed by atoms with Crippen LogP contribution in [0.25, 0.3) is 0 Å². The lowest BCUT2D eigenvalue weighted by molar-refractivity contribution is 0.352. The zero-order valence-corrected chi connectivity index (χ0v) is 24.6. The number of hydrogen-bond donors (Lipinski definition) is 3. The van der Waals surface area contributed by atoms with E-state index < -0.39 is 11.6 Å². The molecule has 2 fully saturated rings. The molecule has 0 bridgehead atoms. The topological polar surface area (TPSA) is 93.7 Å². The standard InChI is InChI=1S/C29H37F2N9OS/c1-38(17-11-32-25-20-26(39-13-2-3-14-39)37-28(36-25)40-15-4-5-16-40)18-12-34-29(42)35-23-7-6-10-33-27(23)41-24-9-8-21(30)19-22(24)31/h6-10,19-20H,2-5,11-18H2,1H3,(H,32,36,37)(H2,34,35,42). The number of thiocarbonyl (C=S) groups is 1. The third-order valence-corrected chi connectivity index (χ3v) is 7.46. The molecule has 0 radical (unpaired) electrons. The third-order valence-electron chi connectivity index (χ3n) is 7.22. The van der Waals surface area contributed by atoms with Crippen LogP contribution in [0.15, 0.2) is 42.6 Å². The summed E-state index contributed by atoms with van der Waals surface area (Å²) in [6, 6.07) is 8.59. The molecule has 3 N–H and O–H groups in total. The van der Waals surface area contributed by atoms with Crippen LogP contribution in [-0.2, 0) is 0 Å². The van der Waals surface area contributed by atoms with E-state index in [1.165, 1.54) is 37.9 Å². The number of anilines is 4. The second-order valence-corrected chi connectivity index (χ2v) is 10.9. The maximum atomic E-state index is 14.1. The summed E-state index contributed by atoms with van der Waals surface area (Å²) in [5, 5.41) is 10.1. The maximum Gasteiger partial charge on any atom is 0.243 e. The van der Waals surface area contributed by atoms with Crippen LogP contribution in [0.5, 0.6) is 11.6 Å². The Labute approximate surface area is 250 Å². The summed E-state index contributed by atoms with van der Waals surface area (Å²) in [5.74, 6) is 1.19. The first-order chi connectivity index (χ1) is 20.4. The molecule has 224 valence electrons. The number of likely N-dealkylation sites (N-methyl/N-ethyl adjacent to an activating group) is 1. The van der Waals surface area contributed by atoms with Gasteiger partial charge in [-0.15, -0.1) is 0 Å². The van der Waals surface area contributed by atoms with E-state index in [9.17, 15) is 8.78 Å². The highest BCUT2D eigenvalue weighted by Crippen LogP contribution is 2.29. The van der Waals surface area contributed by atoms with Crippen molar-refractivity contribution in [3.05, 3.63) is 54.2 Å². The molecular weight excluding hydrogens is 560 g/mol. The van der Waals surface area contributed by atoms with Crippen LogP contribution in [-0.4, -0.2) is 84.4 Å². The number of pyridine rings is 1. The van der Waals surface area contributed by atoms with Crippen LogP contribution >= 0.6 is 12.2 Å². The lowest BCUT2D eigenvalue weighted by Crippen LogP contribution is -2.37. The van der Waals surface area contributed by atoms with Crippen LogP contribution in [0, 0.1) is 11.6 Å². The minimum atomic E-state index is -0.816. The van der Waals surface area contributed by atoms with E-state index >= 15 is 0 Å². The van der Waals surface area contributed by atoms with E-state index in [4.69, 9.17) is 26.9 Å². The second kappa shape index (κ2) is 14.4. The highest BCUT2D eigenvalue weighted by Gasteiger charge is 2.20. The van der Waals surface area contributed by atoms with Gasteiger partial charge in [0.2, 0.25) is 11.8 Å². The zero-order chi connectivity index (χ0) is 29.3. The molecule has 2 aromatic heterocycles. The first-order valence-corrected chi connectivity index (χ1v) is 14.8. The molecule has 0 saturated carbocycles. The zero-order valence-electron chi connectivity index (χ0n) is 23.8. The Kier molecular flexibility index (Phi) is 10.1. The smallest absolute Gasteiger partial charge is 0.243 e. The Morgan fingerprint density at radius 2 is 1.71 bits per heavy atom. The minimum absolute atomic E-state index is 0.126. The molecule has 0 aliphatic carbocycles. The van der Waals surface area contributed by atoms with Crippen molar-refractivity contribution in [1.29, 1.82) is 0 Å². The summed E-state index contributed by atoms with van der Waals surface area (Å²) in [6.07, 6.45) is 6.30. The van der Waals surface area contributed by atoms with Gasteiger partial charge < -0.3 is 35.4 Å². The summed E-state index contributed by atoms with van der Waals surface area (Å²) in [6.45, 7) is 7.03. The molecule has 1 aromatic carbocycles. The van der Waals surface area contributed by atoms with Gasteiger partial charge in [0.05, 0.1) is 0 Å². The minimum Gasteiger partial charge on any atom is -0.434 e. The van der Waals surface area contributed by atoms with E-state index in [1.807, 2.05) is 0 Å². The SMILES string of the molecule is CN(CCNC(=S)Nc1cccnc1Oc1ccc(F)cc1F)CCNc1cc(N2CCCC2)nc(N2CCCC2)n1. The maximum absolute atomic E-state index is 14.1. The lowest BCUT2D eigenvalue weighted by atomic mass is 10.3. The van der Waals surface area contributed by atoms with Gasteiger partial charge >= 0.3 is 0 Å². The van der Waals surface area contributed by atoms with Crippen molar-refractivity contribution in [1.82, 2.24) is 25.2 Å². The van der Waals surface area contributed by atoms with Gasteiger partial charge in [-0.3, -0.25) is 0 Å². The molecule has 0 atom stereocenters. The molecule has 2 aliphatic heterocycles. The van der Waals surface area contributed by atoms with Gasteiger partial charge in [-0.2, -0.15) is 9.97 Å². The van der Waals surface area contributed by atoms with Crippen molar-refractivity contribution in [2.75, 3.05) is 79.8 Å². The molecule has 2 aliphatic rings. The van der Waals surface area contributed by atoms with E-state index in [-0.39, 0.29) is 11.6 Å². The molecular formula is C29H37F2N9OS. The summed E-state index contributed by atoms with van der Waals surface area (Å²) < 4.78 is 32.8. The number of hydrogen-bond acceptors (Lipinski definition) is 9. The highest BCUT2D eigenvalue weighted by molar-refractivity contribution is 7.80. The number of nitrogens with one attached hydrogen (secondary N) is 3. The monoisotopic (exact) mass is 597 g/mol. The van der Waals surface area contributed by atoms with Crippen molar-refractivity contribution in [3.63, 3.8) is 0 Å².